The number of nitrogens with zero attached hydrogens (tertiary/aromatic N) is 1. The smallest absolute Gasteiger partial charge is 0.304 e. The van der Waals surface area contributed by atoms with Gasteiger partial charge in [-0.15, -0.1) is 0 Å². The summed E-state index contributed by atoms with van der Waals surface area (Å²) in [7, 11) is -1.99. The minimum atomic E-state index is -3.39. The van der Waals surface area contributed by atoms with Crippen LogP contribution in [0.2, 0.25) is 0 Å². The molecule has 1 atom stereocenters. The number of hydrogen-bond donors (Lipinski definition) is 1. The molecule has 7 heteroatoms. The molecule has 1 N–H and O–H groups in total. The van der Waals surface area contributed by atoms with Gasteiger partial charge in [0.05, 0.1) is 13.0 Å². The largest absolute Gasteiger partial charge is 0.481 e. The number of carboxylic acids is 1. The zero-order valence-corrected chi connectivity index (χ0v) is 9.37. The second kappa shape index (κ2) is 4.91. The molecule has 1 unspecified atom stereocenters. The van der Waals surface area contributed by atoms with Crippen LogP contribution in [0.5, 0.6) is 0 Å². The molecule has 15 heavy (non-hydrogen) atoms. The Labute approximate surface area is 88.9 Å². The number of ether oxygens (including phenoxy) is 1. The highest BCUT2D eigenvalue weighted by atomic mass is 32.2. The first-order valence-electron chi connectivity index (χ1n) is 4.69. The highest BCUT2D eigenvalue weighted by Gasteiger charge is 2.32. The maximum atomic E-state index is 11.8. The molecule has 0 radical (unpaired) electrons. The Kier molecular flexibility index (Phi) is 4.06. The van der Waals surface area contributed by atoms with Gasteiger partial charge in [-0.1, -0.05) is 0 Å². The molecule has 1 fully saturated rings. The van der Waals surface area contributed by atoms with Crippen molar-refractivity contribution < 1.29 is 23.1 Å². The van der Waals surface area contributed by atoms with Gasteiger partial charge in [0.1, 0.15) is 5.25 Å². The van der Waals surface area contributed by atoms with Crippen molar-refractivity contribution in [1.82, 2.24) is 4.31 Å². The fourth-order valence-corrected chi connectivity index (χ4v) is 2.90. The molecule has 0 bridgehead atoms. The van der Waals surface area contributed by atoms with Crippen molar-refractivity contribution in [3.63, 3.8) is 0 Å². The molecule has 0 aromatic rings. The first kappa shape index (κ1) is 12.4. The third kappa shape index (κ3) is 3.15. The zero-order valence-electron chi connectivity index (χ0n) is 8.55. The summed E-state index contributed by atoms with van der Waals surface area (Å²) in [5, 5.41) is 7.93. The molecule has 1 aliphatic rings. The fourth-order valence-electron chi connectivity index (χ4n) is 1.38. The van der Waals surface area contributed by atoms with Gasteiger partial charge in [0, 0.05) is 20.2 Å². The molecule has 88 valence electrons. The van der Waals surface area contributed by atoms with Crippen molar-refractivity contribution in [2.24, 2.45) is 0 Å². The van der Waals surface area contributed by atoms with Crippen LogP contribution in [0.25, 0.3) is 0 Å². The molecule has 1 saturated heterocycles. The molecule has 0 aromatic carbocycles. The average Bonchev–Trinajstić information content (AvgIpc) is 2.66. The molecule has 0 aliphatic carbocycles. The molecule has 1 aliphatic heterocycles. The van der Waals surface area contributed by atoms with Crippen molar-refractivity contribution in [1.29, 1.82) is 0 Å². The van der Waals surface area contributed by atoms with Crippen molar-refractivity contribution in [2.45, 2.75) is 18.1 Å². The SMILES string of the molecule is CN(CCC(=O)O)S(=O)(=O)C1CCOC1. The second-order valence-corrected chi connectivity index (χ2v) is 5.82. The first-order chi connectivity index (χ1) is 6.94. The standard InChI is InChI=1S/C8H15NO5S/c1-9(4-2-8(10)11)15(12,13)7-3-5-14-6-7/h7H,2-6H2,1H3,(H,10,11). The lowest BCUT2D eigenvalue weighted by Crippen LogP contribution is -2.37. The first-order valence-corrected chi connectivity index (χ1v) is 6.19. The Balaban J connectivity index is 2.56. The zero-order chi connectivity index (χ0) is 11.5. The van der Waals surface area contributed by atoms with Gasteiger partial charge in [0.2, 0.25) is 10.0 Å². The molecule has 0 spiro atoms. The van der Waals surface area contributed by atoms with E-state index in [4.69, 9.17) is 9.84 Å². The topological polar surface area (TPSA) is 83.9 Å². The predicted molar refractivity (Wildman–Crippen MR) is 53.0 cm³/mol. The summed E-state index contributed by atoms with van der Waals surface area (Å²) in [6, 6.07) is 0. The van der Waals surface area contributed by atoms with Crippen molar-refractivity contribution in [2.75, 3.05) is 26.8 Å². The molecule has 0 aromatic heterocycles. The molecule has 0 saturated carbocycles. The van der Waals surface area contributed by atoms with Crippen LogP contribution in [-0.4, -0.2) is 55.9 Å². The summed E-state index contributed by atoms with van der Waals surface area (Å²) in [5.74, 6) is -1.00. The summed E-state index contributed by atoms with van der Waals surface area (Å²) >= 11 is 0. The van der Waals surface area contributed by atoms with E-state index in [0.717, 1.165) is 4.31 Å². The third-order valence-corrected chi connectivity index (χ3v) is 4.65. The highest BCUT2D eigenvalue weighted by molar-refractivity contribution is 7.89. The summed E-state index contributed by atoms with van der Waals surface area (Å²) in [6.07, 6.45) is 0.309. The van der Waals surface area contributed by atoms with Gasteiger partial charge in [0.15, 0.2) is 0 Å². The van der Waals surface area contributed by atoms with Gasteiger partial charge in [-0.25, -0.2) is 12.7 Å². The lowest BCUT2D eigenvalue weighted by molar-refractivity contribution is -0.137. The van der Waals surface area contributed by atoms with E-state index < -0.39 is 21.2 Å². The number of rotatable bonds is 5. The molecular formula is C8H15NO5S. The monoisotopic (exact) mass is 237 g/mol. The lowest BCUT2D eigenvalue weighted by Gasteiger charge is -2.19. The summed E-state index contributed by atoms with van der Waals surface area (Å²) in [5.41, 5.74) is 0. The molecule has 6 nitrogen and oxygen atoms in total. The van der Waals surface area contributed by atoms with E-state index in [9.17, 15) is 13.2 Å². The number of carboxylic acid groups (broad SMARTS) is 1. The van der Waals surface area contributed by atoms with E-state index in [1.165, 1.54) is 7.05 Å². The Hall–Kier alpha value is -0.660. The summed E-state index contributed by atoms with van der Waals surface area (Å²) in [6.45, 7) is 0.671. The fraction of sp³-hybridized carbons (Fsp3) is 0.875. The third-order valence-electron chi connectivity index (χ3n) is 2.38. The van der Waals surface area contributed by atoms with Crippen LogP contribution >= 0.6 is 0 Å². The molecular weight excluding hydrogens is 222 g/mol. The van der Waals surface area contributed by atoms with Crippen LogP contribution in [-0.2, 0) is 19.6 Å². The van der Waals surface area contributed by atoms with Crippen LogP contribution in [0.4, 0.5) is 0 Å². The van der Waals surface area contributed by atoms with Crippen molar-refractivity contribution >= 4 is 16.0 Å². The van der Waals surface area contributed by atoms with E-state index in [1.807, 2.05) is 0 Å². The Bertz CT molecular complexity index is 320. The van der Waals surface area contributed by atoms with Gasteiger partial charge in [-0.3, -0.25) is 4.79 Å². The van der Waals surface area contributed by atoms with Crippen molar-refractivity contribution in [3.8, 4) is 0 Å². The molecule has 0 amide bonds. The van der Waals surface area contributed by atoms with Crippen LogP contribution in [0.15, 0.2) is 0 Å². The van der Waals surface area contributed by atoms with Gasteiger partial charge in [-0.2, -0.15) is 0 Å². The van der Waals surface area contributed by atoms with E-state index in [2.05, 4.69) is 0 Å². The summed E-state index contributed by atoms with van der Waals surface area (Å²) < 4.78 is 29.7. The maximum absolute atomic E-state index is 11.8. The van der Waals surface area contributed by atoms with Crippen LogP contribution in [0, 0.1) is 0 Å². The van der Waals surface area contributed by atoms with E-state index in [0.29, 0.717) is 13.0 Å². The lowest BCUT2D eigenvalue weighted by atomic mass is 10.4. The highest BCUT2D eigenvalue weighted by Crippen LogP contribution is 2.16. The van der Waals surface area contributed by atoms with E-state index >= 15 is 0 Å². The number of carbonyl (C=O) groups is 1. The normalized spacial score (nSPS) is 22.1. The van der Waals surface area contributed by atoms with Crippen LogP contribution in [0.3, 0.4) is 0 Å². The van der Waals surface area contributed by atoms with E-state index in [-0.39, 0.29) is 19.6 Å². The van der Waals surface area contributed by atoms with Gasteiger partial charge in [0.25, 0.3) is 0 Å². The average molecular weight is 237 g/mol. The van der Waals surface area contributed by atoms with E-state index in [1.54, 1.807) is 0 Å². The Morgan fingerprint density at radius 1 is 1.60 bits per heavy atom. The molecule has 1 rings (SSSR count). The number of aliphatic carboxylic acids is 1. The van der Waals surface area contributed by atoms with Crippen molar-refractivity contribution in [3.05, 3.63) is 0 Å². The maximum Gasteiger partial charge on any atom is 0.304 e. The Morgan fingerprint density at radius 3 is 2.73 bits per heavy atom. The Morgan fingerprint density at radius 2 is 2.27 bits per heavy atom. The number of sulfonamides is 1. The van der Waals surface area contributed by atoms with Gasteiger partial charge >= 0.3 is 5.97 Å². The quantitative estimate of drug-likeness (QED) is 0.697. The minimum absolute atomic E-state index is 0.00810. The van der Waals surface area contributed by atoms with Crippen LogP contribution in [0.1, 0.15) is 12.8 Å². The summed E-state index contributed by atoms with van der Waals surface area (Å²) in [4.78, 5) is 10.3. The number of hydrogen-bond acceptors (Lipinski definition) is 4. The molecule has 1 heterocycles. The van der Waals surface area contributed by atoms with Crippen LogP contribution < -0.4 is 0 Å². The minimum Gasteiger partial charge on any atom is -0.481 e. The second-order valence-electron chi connectivity index (χ2n) is 3.50. The van der Waals surface area contributed by atoms with Gasteiger partial charge < -0.3 is 9.84 Å². The predicted octanol–water partition coefficient (Wildman–Crippen LogP) is -0.488. The van der Waals surface area contributed by atoms with Gasteiger partial charge in [-0.05, 0) is 6.42 Å².